The Hall–Kier alpha value is -0.460. The third-order valence-electron chi connectivity index (χ3n) is 2.25. The van der Waals surface area contributed by atoms with Crippen molar-refractivity contribution in [1.29, 1.82) is 0 Å². The van der Waals surface area contributed by atoms with E-state index in [1.807, 2.05) is 24.4 Å². The number of ether oxygens (including phenoxy) is 2. The van der Waals surface area contributed by atoms with Crippen LogP contribution < -0.4 is 5.32 Å². The molecule has 2 unspecified atom stereocenters. The smallest absolute Gasteiger partial charge is 0.0897 e. The highest BCUT2D eigenvalue weighted by Crippen LogP contribution is 2.09. The molecule has 5 heteroatoms. The average molecular weight is 259 g/mol. The Bertz CT molecular complexity index is 279. The lowest BCUT2D eigenvalue weighted by atomic mass is 10.3. The van der Waals surface area contributed by atoms with Crippen LogP contribution in [0.5, 0.6) is 0 Å². The van der Waals surface area contributed by atoms with Gasteiger partial charge in [0, 0.05) is 24.6 Å². The topological polar surface area (TPSA) is 50.7 Å². The largest absolute Gasteiger partial charge is 0.389 e. The fraction of sp³-hybridized carbons (Fsp3) is 0.667. The van der Waals surface area contributed by atoms with Gasteiger partial charge in [0.15, 0.2) is 0 Å². The van der Waals surface area contributed by atoms with Gasteiger partial charge in [-0.05, 0) is 18.4 Å². The van der Waals surface area contributed by atoms with Crippen molar-refractivity contribution in [3.05, 3.63) is 22.4 Å². The molecule has 0 radical (unpaired) electrons. The van der Waals surface area contributed by atoms with Crippen LogP contribution in [0.25, 0.3) is 0 Å². The molecule has 0 saturated heterocycles. The normalized spacial score (nSPS) is 14.8. The van der Waals surface area contributed by atoms with E-state index >= 15 is 0 Å². The van der Waals surface area contributed by atoms with Gasteiger partial charge in [-0.2, -0.15) is 0 Å². The summed E-state index contributed by atoms with van der Waals surface area (Å²) >= 11 is 1.66. The number of aliphatic hydroxyl groups excluding tert-OH is 1. The lowest BCUT2D eigenvalue weighted by molar-refractivity contribution is 0.0273. The molecule has 17 heavy (non-hydrogen) atoms. The van der Waals surface area contributed by atoms with E-state index < -0.39 is 6.10 Å². The first-order valence-corrected chi connectivity index (χ1v) is 6.61. The highest BCUT2D eigenvalue weighted by Gasteiger charge is 2.07. The monoisotopic (exact) mass is 259 g/mol. The summed E-state index contributed by atoms with van der Waals surface area (Å²) in [6.45, 7) is 4.10. The van der Waals surface area contributed by atoms with E-state index in [4.69, 9.17) is 9.47 Å². The van der Waals surface area contributed by atoms with Crippen molar-refractivity contribution in [3.63, 3.8) is 0 Å². The van der Waals surface area contributed by atoms with Crippen LogP contribution in [0.15, 0.2) is 17.5 Å². The molecule has 2 N–H and O–H groups in total. The molecule has 0 spiro atoms. The Kier molecular flexibility index (Phi) is 7.39. The molecule has 1 aromatic rings. The van der Waals surface area contributed by atoms with Crippen LogP contribution in [0.2, 0.25) is 0 Å². The number of aliphatic hydroxyl groups is 1. The average Bonchev–Trinajstić information content (AvgIpc) is 2.80. The van der Waals surface area contributed by atoms with E-state index in [2.05, 4.69) is 5.32 Å². The van der Waals surface area contributed by atoms with Gasteiger partial charge in [0.2, 0.25) is 0 Å². The standard InChI is InChI=1S/C12H21NO3S/c1-10(7-15-2)13-6-11(14)8-16-9-12-4-3-5-17-12/h3-5,10-11,13-14H,6-9H2,1-2H3. The molecule has 0 aromatic carbocycles. The number of methoxy groups -OCH3 is 1. The van der Waals surface area contributed by atoms with Crippen molar-refractivity contribution in [1.82, 2.24) is 5.32 Å². The van der Waals surface area contributed by atoms with Gasteiger partial charge in [0.25, 0.3) is 0 Å². The van der Waals surface area contributed by atoms with Crippen molar-refractivity contribution in [2.75, 3.05) is 26.9 Å². The summed E-state index contributed by atoms with van der Waals surface area (Å²) in [4.78, 5) is 1.18. The minimum absolute atomic E-state index is 0.243. The maximum atomic E-state index is 9.67. The summed E-state index contributed by atoms with van der Waals surface area (Å²) in [6.07, 6.45) is -0.478. The molecule has 98 valence electrons. The first-order chi connectivity index (χ1) is 8.22. The SMILES string of the molecule is COCC(C)NCC(O)COCc1cccs1. The van der Waals surface area contributed by atoms with Crippen molar-refractivity contribution >= 4 is 11.3 Å². The van der Waals surface area contributed by atoms with Crippen LogP contribution >= 0.6 is 11.3 Å². The van der Waals surface area contributed by atoms with Gasteiger partial charge in [-0.25, -0.2) is 0 Å². The van der Waals surface area contributed by atoms with Crippen LogP contribution in [0.4, 0.5) is 0 Å². The van der Waals surface area contributed by atoms with Crippen LogP contribution in [-0.4, -0.2) is 44.1 Å². The van der Waals surface area contributed by atoms with Gasteiger partial charge in [0.1, 0.15) is 0 Å². The van der Waals surface area contributed by atoms with E-state index in [9.17, 15) is 5.11 Å². The van der Waals surface area contributed by atoms with Crippen LogP contribution in [0.3, 0.4) is 0 Å². The Morgan fingerprint density at radius 1 is 1.47 bits per heavy atom. The number of rotatable bonds is 9. The predicted octanol–water partition coefficient (Wildman–Crippen LogP) is 1.25. The quantitative estimate of drug-likeness (QED) is 0.701. The van der Waals surface area contributed by atoms with Gasteiger partial charge in [-0.3, -0.25) is 0 Å². The second kappa shape index (κ2) is 8.60. The third kappa shape index (κ3) is 6.75. The zero-order chi connectivity index (χ0) is 12.5. The Morgan fingerprint density at radius 3 is 2.94 bits per heavy atom. The zero-order valence-electron chi connectivity index (χ0n) is 10.4. The molecule has 1 heterocycles. The van der Waals surface area contributed by atoms with Crippen LogP contribution in [0, 0.1) is 0 Å². The molecule has 1 rings (SSSR count). The van der Waals surface area contributed by atoms with Crippen molar-refractivity contribution in [3.8, 4) is 0 Å². The molecule has 0 bridgehead atoms. The maximum absolute atomic E-state index is 9.67. The summed E-state index contributed by atoms with van der Waals surface area (Å²) in [5.74, 6) is 0. The van der Waals surface area contributed by atoms with E-state index in [0.717, 1.165) is 0 Å². The van der Waals surface area contributed by atoms with E-state index in [1.54, 1.807) is 18.4 Å². The highest BCUT2D eigenvalue weighted by molar-refractivity contribution is 7.09. The number of thiophene rings is 1. The van der Waals surface area contributed by atoms with Crippen molar-refractivity contribution < 1.29 is 14.6 Å². The second-order valence-electron chi connectivity index (χ2n) is 4.01. The molecule has 0 aliphatic carbocycles. The van der Waals surface area contributed by atoms with Gasteiger partial charge >= 0.3 is 0 Å². The molecule has 1 aromatic heterocycles. The maximum Gasteiger partial charge on any atom is 0.0897 e. The molecular weight excluding hydrogens is 238 g/mol. The number of nitrogens with one attached hydrogen (secondary N) is 1. The molecule has 0 saturated carbocycles. The van der Waals surface area contributed by atoms with Crippen molar-refractivity contribution in [2.45, 2.75) is 25.7 Å². The van der Waals surface area contributed by atoms with Crippen molar-refractivity contribution in [2.24, 2.45) is 0 Å². The molecule has 0 aliphatic heterocycles. The summed E-state index contributed by atoms with van der Waals surface area (Å²) in [6, 6.07) is 4.26. The van der Waals surface area contributed by atoms with E-state index in [-0.39, 0.29) is 6.04 Å². The molecule has 0 amide bonds. The van der Waals surface area contributed by atoms with Gasteiger partial charge in [-0.15, -0.1) is 11.3 Å². The molecule has 0 fully saturated rings. The third-order valence-corrected chi connectivity index (χ3v) is 3.10. The van der Waals surface area contributed by atoms with E-state index in [0.29, 0.717) is 26.4 Å². The summed E-state index contributed by atoms with van der Waals surface area (Å²) in [5.41, 5.74) is 0. The molecule has 0 aliphatic rings. The lowest BCUT2D eigenvalue weighted by Crippen LogP contribution is -2.38. The molecular formula is C12H21NO3S. The van der Waals surface area contributed by atoms with Crippen LogP contribution in [0.1, 0.15) is 11.8 Å². The van der Waals surface area contributed by atoms with Crippen LogP contribution in [-0.2, 0) is 16.1 Å². The lowest BCUT2D eigenvalue weighted by Gasteiger charge is -2.16. The summed E-state index contributed by atoms with van der Waals surface area (Å²) in [5, 5.41) is 14.9. The number of hydrogen-bond acceptors (Lipinski definition) is 5. The molecule has 2 atom stereocenters. The summed E-state index contributed by atoms with van der Waals surface area (Å²) in [7, 11) is 1.67. The number of hydrogen-bond donors (Lipinski definition) is 2. The summed E-state index contributed by atoms with van der Waals surface area (Å²) < 4.78 is 10.4. The fourth-order valence-corrected chi connectivity index (χ4v) is 2.04. The predicted molar refractivity (Wildman–Crippen MR) is 69.3 cm³/mol. The minimum atomic E-state index is -0.478. The Balaban J connectivity index is 2.03. The Labute approximate surface area is 107 Å². The molecule has 4 nitrogen and oxygen atoms in total. The highest BCUT2D eigenvalue weighted by atomic mass is 32.1. The minimum Gasteiger partial charge on any atom is -0.389 e. The zero-order valence-corrected chi connectivity index (χ0v) is 11.2. The van der Waals surface area contributed by atoms with Gasteiger partial charge in [-0.1, -0.05) is 6.07 Å². The van der Waals surface area contributed by atoms with E-state index in [1.165, 1.54) is 4.88 Å². The fourth-order valence-electron chi connectivity index (χ4n) is 1.40. The first kappa shape index (κ1) is 14.6. The second-order valence-corrected chi connectivity index (χ2v) is 5.05. The van der Waals surface area contributed by atoms with Gasteiger partial charge in [0.05, 0.1) is 25.9 Å². The Morgan fingerprint density at radius 2 is 2.29 bits per heavy atom. The first-order valence-electron chi connectivity index (χ1n) is 5.73. The van der Waals surface area contributed by atoms with Gasteiger partial charge < -0.3 is 19.9 Å².